The first-order valence-corrected chi connectivity index (χ1v) is 8.34. The first-order chi connectivity index (χ1) is 11.1. The zero-order valence-corrected chi connectivity index (χ0v) is 14.1. The molecule has 1 aromatic carbocycles. The van der Waals surface area contributed by atoms with Gasteiger partial charge in [0.1, 0.15) is 5.75 Å². The van der Waals surface area contributed by atoms with Crippen LogP contribution in [0.2, 0.25) is 0 Å². The van der Waals surface area contributed by atoms with Crippen LogP contribution in [0.1, 0.15) is 11.3 Å². The summed E-state index contributed by atoms with van der Waals surface area (Å²) in [5, 5.41) is 15.4. The van der Waals surface area contributed by atoms with Crippen molar-refractivity contribution in [1.82, 2.24) is 9.97 Å². The van der Waals surface area contributed by atoms with Crippen LogP contribution in [0.5, 0.6) is 5.75 Å². The second-order valence-electron chi connectivity index (χ2n) is 4.66. The van der Waals surface area contributed by atoms with Crippen LogP contribution in [0.25, 0.3) is 10.6 Å². The molecule has 3 rings (SSSR count). The van der Waals surface area contributed by atoms with Gasteiger partial charge < -0.3 is 15.8 Å². The van der Waals surface area contributed by atoms with E-state index < -0.39 is 0 Å². The normalized spacial score (nSPS) is 10.3. The van der Waals surface area contributed by atoms with Gasteiger partial charge in [-0.1, -0.05) is 11.3 Å². The zero-order chi connectivity index (χ0) is 16.4. The lowest BCUT2D eigenvalue weighted by atomic mass is 10.2. The number of nitrogens with two attached hydrogens (primary N) is 1. The molecule has 116 valence electrons. The fourth-order valence-electron chi connectivity index (χ4n) is 2.08. The van der Waals surface area contributed by atoms with Gasteiger partial charge in [-0.05, 0) is 25.1 Å². The Labute approximate surface area is 141 Å². The summed E-state index contributed by atoms with van der Waals surface area (Å²) in [6.45, 7) is 1.91. The van der Waals surface area contributed by atoms with Crippen molar-refractivity contribution in [3.8, 4) is 22.4 Å². The molecule has 0 spiro atoms. The topological polar surface area (TPSA) is 96.8 Å². The summed E-state index contributed by atoms with van der Waals surface area (Å²) in [5.41, 5.74) is 8.69. The van der Waals surface area contributed by atoms with E-state index in [2.05, 4.69) is 21.4 Å². The van der Waals surface area contributed by atoms with Crippen LogP contribution < -0.4 is 15.8 Å². The fourth-order valence-corrected chi connectivity index (χ4v) is 3.66. The molecule has 3 N–H and O–H groups in total. The number of hydrogen-bond donors (Lipinski definition) is 2. The minimum Gasteiger partial charge on any atom is -0.495 e. The standard InChI is InChI=1S/C15H13N5OS2/c1-8-13(23-14(17)18-8)11-7-22-15(20-11)19-10-5-9(6-16)3-4-12(10)21-2/h3-5,7H,1-2H3,(H2,17,18)(H,19,20). The van der Waals surface area contributed by atoms with Gasteiger partial charge in [-0.2, -0.15) is 5.26 Å². The van der Waals surface area contributed by atoms with Gasteiger partial charge in [-0.15, -0.1) is 11.3 Å². The summed E-state index contributed by atoms with van der Waals surface area (Å²) in [7, 11) is 1.59. The summed E-state index contributed by atoms with van der Waals surface area (Å²) in [6.07, 6.45) is 0. The average molecular weight is 343 g/mol. The van der Waals surface area contributed by atoms with E-state index in [9.17, 15) is 0 Å². The first kappa shape index (κ1) is 15.3. The highest BCUT2D eigenvalue weighted by Crippen LogP contribution is 2.35. The van der Waals surface area contributed by atoms with E-state index >= 15 is 0 Å². The number of benzene rings is 1. The largest absolute Gasteiger partial charge is 0.495 e. The van der Waals surface area contributed by atoms with Gasteiger partial charge >= 0.3 is 0 Å². The van der Waals surface area contributed by atoms with Crippen LogP contribution in [0, 0.1) is 18.3 Å². The van der Waals surface area contributed by atoms with Crippen molar-refractivity contribution < 1.29 is 4.74 Å². The summed E-state index contributed by atoms with van der Waals surface area (Å²) >= 11 is 2.88. The molecule has 0 aliphatic carbocycles. The number of rotatable bonds is 4. The summed E-state index contributed by atoms with van der Waals surface area (Å²) in [4.78, 5) is 9.74. The van der Waals surface area contributed by atoms with Crippen molar-refractivity contribution >= 4 is 38.6 Å². The summed E-state index contributed by atoms with van der Waals surface area (Å²) in [5.74, 6) is 0.652. The maximum Gasteiger partial charge on any atom is 0.187 e. The molecule has 0 saturated heterocycles. The number of nitrogens with zero attached hydrogens (tertiary/aromatic N) is 3. The lowest BCUT2D eigenvalue weighted by molar-refractivity contribution is 0.417. The second-order valence-corrected chi connectivity index (χ2v) is 6.55. The second kappa shape index (κ2) is 6.24. The monoisotopic (exact) mass is 343 g/mol. The molecule has 0 saturated carbocycles. The van der Waals surface area contributed by atoms with Crippen LogP contribution in [0.3, 0.4) is 0 Å². The third kappa shape index (κ3) is 3.11. The Hall–Kier alpha value is -2.63. The van der Waals surface area contributed by atoms with Crippen molar-refractivity contribution in [2.24, 2.45) is 0 Å². The van der Waals surface area contributed by atoms with Gasteiger partial charge in [-0.25, -0.2) is 9.97 Å². The molecule has 6 nitrogen and oxygen atoms in total. The quantitative estimate of drug-likeness (QED) is 0.748. The number of nitriles is 1. The molecule has 23 heavy (non-hydrogen) atoms. The van der Waals surface area contributed by atoms with Crippen molar-refractivity contribution in [2.45, 2.75) is 6.92 Å². The van der Waals surface area contributed by atoms with Gasteiger partial charge in [0.15, 0.2) is 10.3 Å². The van der Waals surface area contributed by atoms with Crippen molar-refractivity contribution in [3.63, 3.8) is 0 Å². The molecular weight excluding hydrogens is 330 g/mol. The molecule has 0 unspecified atom stereocenters. The summed E-state index contributed by atoms with van der Waals surface area (Å²) in [6, 6.07) is 7.31. The minimum atomic E-state index is 0.531. The molecule has 3 aromatic rings. The number of hydrogen-bond acceptors (Lipinski definition) is 8. The van der Waals surface area contributed by atoms with E-state index in [1.807, 2.05) is 12.3 Å². The van der Waals surface area contributed by atoms with Crippen molar-refractivity contribution in [2.75, 3.05) is 18.2 Å². The Morgan fingerprint density at radius 3 is 2.83 bits per heavy atom. The highest BCUT2D eigenvalue weighted by molar-refractivity contribution is 7.19. The van der Waals surface area contributed by atoms with E-state index in [4.69, 9.17) is 15.7 Å². The fraction of sp³-hybridized carbons (Fsp3) is 0.133. The zero-order valence-electron chi connectivity index (χ0n) is 12.5. The number of thiazole rings is 2. The smallest absolute Gasteiger partial charge is 0.187 e. The third-order valence-corrected chi connectivity index (χ3v) is 4.89. The molecule has 0 aliphatic heterocycles. The molecule has 0 bridgehead atoms. The molecule has 0 fully saturated rings. The number of aryl methyl sites for hydroxylation is 1. The number of ether oxygens (including phenoxy) is 1. The highest BCUT2D eigenvalue weighted by Gasteiger charge is 2.13. The van der Waals surface area contributed by atoms with E-state index in [0.717, 1.165) is 16.3 Å². The maximum atomic E-state index is 9.03. The lowest BCUT2D eigenvalue weighted by Gasteiger charge is -2.09. The molecule has 0 amide bonds. The van der Waals surface area contributed by atoms with E-state index in [-0.39, 0.29) is 0 Å². The SMILES string of the molecule is COc1ccc(C#N)cc1Nc1nc(-c2sc(N)nc2C)cs1. The van der Waals surface area contributed by atoms with Crippen molar-refractivity contribution in [3.05, 3.63) is 34.8 Å². The Morgan fingerprint density at radius 2 is 2.17 bits per heavy atom. The van der Waals surface area contributed by atoms with Gasteiger partial charge in [0, 0.05) is 5.38 Å². The average Bonchev–Trinajstić information content (AvgIpc) is 3.13. The predicted octanol–water partition coefficient (Wildman–Crippen LogP) is 3.78. The van der Waals surface area contributed by atoms with Crippen LogP contribution in [0.15, 0.2) is 23.6 Å². The van der Waals surface area contributed by atoms with E-state index in [1.165, 1.54) is 22.7 Å². The number of methoxy groups -OCH3 is 1. The van der Waals surface area contributed by atoms with Crippen LogP contribution in [-0.2, 0) is 0 Å². The molecule has 8 heteroatoms. The van der Waals surface area contributed by atoms with Crippen LogP contribution in [0.4, 0.5) is 16.0 Å². The van der Waals surface area contributed by atoms with Gasteiger partial charge in [0.2, 0.25) is 0 Å². The Morgan fingerprint density at radius 1 is 1.35 bits per heavy atom. The maximum absolute atomic E-state index is 9.03. The van der Waals surface area contributed by atoms with E-state index in [1.54, 1.807) is 25.3 Å². The van der Waals surface area contributed by atoms with E-state index in [0.29, 0.717) is 27.3 Å². The van der Waals surface area contributed by atoms with Crippen LogP contribution in [-0.4, -0.2) is 17.1 Å². The van der Waals surface area contributed by atoms with Gasteiger partial charge in [-0.3, -0.25) is 0 Å². The third-order valence-electron chi connectivity index (χ3n) is 3.12. The minimum absolute atomic E-state index is 0.531. The first-order valence-electron chi connectivity index (χ1n) is 6.64. The molecule has 2 aromatic heterocycles. The predicted molar refractivity (Wildman–Crippen MR) is 93.4 cm³/mol. The van der Waals surface area contributed by atoms with Gasteiger partial charge in [0.05, 0.1) is 40.7 Å². The number of anilines is 3. The number of aromatic nitrogens is 2. The van der Waals surface area contributed by atoms with Crippen LogP contribution >= 0.6 is 22.7 Å². The molecule has 0 atom stereocenters. The van der Waals surface area contributed by atoms with Gasteiger partial charge in [0.25, 0.3) is 0 Å². The number of nitrogens with one attached hydrogen (secondary N) is 1. The molecule has 2 heterocycles. The number of nitrogen functional groups attached to an aromatic ring is 1. The molecule has 0 aliphatic rings. The molecule has 0 radical (unpaired) electrons. The van der Waals surface area contributed by atoms with Crippen molar-refractivity contribution in [1.29, 1.82) is 5.26 Å². The Bertz CT molecular complexity index is 894. The Balaban J connectivity index is 1.90. The summed E-state index contributed by atoms with van der Waals surface area (Å²) < 4.78 is 5.31. The highest BCUT2D eigenvalue weighted by atomic mass is 32.1. The Kier molecular flexibility index (Phi) is 4.14. The lowest BCUT2D eigenvalue weighted by Crippen LogP contribution is -1.95. The molecular formula is C15H13N5OS2.